The molecule has 5 nitrogen and oxygen atoms in total. The maximum absolute atomic E-state index is 10.5. The molecule has 2 aromatic heterocycles. The molecule has 0 saturated heterocycles. The summed E-state index contributed by atoms with van der Waals surface area (Å²) in [5, 5.41) is 34.0. The summed E-state index contributed by atoms with van der Waals surface area (Å²) in [7, 11) is 0. The normalized spacial score (nSPS) is 11.1. The predicted molar refractivity (Wildman–Crippen MR) is 200 cm³/mol. The Morgan fingerprint density at radius 1 is 0.400 bits per heavy atom. The molecule has 2 heterocycles. The highest BCUT2D eigenvalue weighted by Gasteiger charge is 2.20. The molecule has 0 spiro atoms. The second-order valence-electron chi connectivity index (χ2n) is 12.3. The summed E-state index contributed by atoms with van der Waals surface area (Å²) in [6.45, 7) is 0. The summed E-state index contributed by atoms with van der Waals surface area (Å²) in [5.74, 6) is 0. The van der Waals surface area contributed by atoms with Crippen molar-refractivity contribution in [1.29, 1.82) is 15.8 Å². The first-order valence-electron chi connectivity index (χ1n) is 16.3. The van der Waals surface area contributed by atoms with E-state index in [1.165, 1.54) is 10.8 Å². The van der Waals surface area contributed by atoms with Crippen LogP contribution >= 0.6 is 0 Å². The molecule has 9 aromatic rings. The molecule has 230 valence electrons. The van der Waals surface area contributed by atoms with E-state index >= 15 is 0 Å². The van der Waals surface area contributed by atoms with Gasteiger partial charge in [-0.25, -0.2) is 0 Å². The van der Waals surface area contributed by atoms with E-state index in [9.17, 15) is 15.8 Å². The van der Waals surface area contributed by atoms with E-state index in [1.54, 1.807) is 0 Å². The van der Waals surface area contributed by atoms with E-state index in [2.05, 4.69) is 124 Å². The van der Waals surface area contributed by atoms with Gasteiger partial charge in [0.25, 0.3) is 0 Å². The Balaban J connectivity index is 1.29. The highest BCUT2D eigenvalue weighted by molar-refractivity contribution is 6.11. The summed E-state index contributed by atoms with van der Waals surface area (Å²) >= 11 is 0. The third-order valence-electron chi connectivity index (χ3n) is 9.62. The molecule has 0 amide bonds. The lowest BCUT2D eigenvalue weighted by atomic mass is 9.90. The average Bonchev–Trinajstić information content (AvgIpc) is 3.69. The van der Waals surface area contributed by atoms with Crippen molar-refractivity contribution in [2.45, 2.75) is 0 Å². The van der Waals surface area contributed by atoms with Crippen LogP contribution in [0, 0.1) is 34.0 Å². The molecule has 0 aliphatic rings. The van der Waals surface area contributed by atoms with Crippen LogP contribution in [-0.2, 0) is 0 Å². The fourth-order valence-corrected chi connectivity index (χ4v) is 7.50. The molecule has 0 atom stereocenters. The van der Waals surface area contributed by atoms with Crippen molar-refractivity contribution in [3.63, 3.8) is 0 Å². The Bertz CT molecular complexity index is 2850. The summed E-state index contributed by atoms with van der Waals surface area (Å²) in [6, 6.07) is 57.9. The number of nitriles is 3. The smallest absolute Gasteiger partial charge is 0.0998 e. The van der Waals surface area contributed by atoms with Crippen molar-refractivity contribution in [2.24, 2.45) is 0 Å². The van der Waals surface area contributed by atoms with Gasteiger partial charge in [0.1, 0.15) is 0 Å². The lowest BCUT2D eigenvalue weighted by Crippen LogP contribution is -1.99. The van der Waals surface area contributed by atoms with E-state index < -0.39 is 0 Å². The predicted octanol–water partition coefficient (Wildman–Crippen LogP) is 10.8. The van der Waals surface area contributed by atoms with E-state index in [-0.39, 0.29) is 0 Å². The fourth-order valence-electron chi connectivity index (χ4n) is 7.50. The van der Waals surface area contributed by atoms with Gasteiger partial charge < -0.3 is 9.13 Å². The number of hydrogen-bond acceptors (Lipinski definition) is 3. The first-order chi connectivity index (χ1) is 24.7. The van der Waals surface area contributed by atoms with Crippen LogP contribution in [0.1, 0.15) is 16.7 Å². The van der Waals surface area contributed by atoms with Crippen molar-refractivity contribution < 1.29 is 0 Å². The van der Waals surface area contributed by atoms with Gasteiger partial charge in [-0.3, -0.25) is 0 Å². The second kappa shape index (κ2) is 11.4. The zero-order chi connectivity index (χ0) is 33.8. The summed E-state index contributed by atoms with van der Waals surface area (Å²) < 4.78 is 4.49. The van der Waals surface area contributed by atoms with E-state index in [4.69, 9.17) is 0 Å². The van der Waals surface area contributed by atoms with Gasteiger partial charge in [0, 0.05) is 38.4 Å². The third kappa shape index (κ3) is 4.31. The molecule has 0 saturated carbocycles. The molecular weight excluding hydrogens is 611 g/mol. The topological polar surface area (TPSA) is 81.2 Å². The van der Waals surface area contributed by atoms with Crippen LogP contribution in [0.15, 0.2) is 152 Å². The number of para-hydroxylation sites is 3. The highest BCUT2D eigenvalue weighted by Crippen LogP contribution is 2.42. The molecular formula is C45H25N5. The maximum atomic E-state index is 10.5. The molecule has 7 aromatic carbocycles. The van der Waals surface area contributed by atoms with Crippen LogP contribution in [-0.4, -0.2) is 9.13 Å². The minimum Gasteiger partial charge on any atom is -0.309 e. The zero-order valence-electron chi connectivity index (χ0n) is 26.7. The first kappa shape index (κ1) is 28.8. The maximum Gasteiger partial charge on any atom is 0.0998 e. The number of nitrogens with zero attached hydrogens (tertiary/aromatic N) is 5. The lowest BCUT2D eigenvalue weighted by molar-refractivity contribution is 1.18. The molecule has 0 bridgehead atoms. The van der Waals surface area contributed by atoms with Crippen LogP contribution in [0.25, 0.3) is 77.2 Å². The monoisotopic (exact) mass is 635 g/mol. The summed E-state index contributed by atoms with van der Waals surface area (Å²) in [6.07, 6.45) is 0. The van der Waals surface area contributed by atoms with Crippen LogP contribution < -0.4 is 0 Å². The lowest BCUT2D eigenvalue weighted by Gasteiger charge is -2.18. The average molecular weight is 636 g/mol. The Hall–Kier alpha value is -7.39. The van der Waals surface area contributed by atoms with E-state index in [0.29, 0.717) is 16.7 Å². The van der Waals surface area contributed by atoms with Gasteiger partial charge in [-0.05, 0) is 83.9 Å². The standard InChI is InChI=1S/C45H25N5/c46-26-29-19-21-43-38(23-29)39-24-30(27-47)20-22-44(39)49(43)33-11-7-9-31(25-33)45-32(28-48)10-8-15-37(45)36-14-3-6-18-42(36)50-40-16-4-1-12-34(40)35-13-2-5-17-41(35)50/h1-25H. The molecule has 0 aliphatic carbocycles. The van der Waals surface area contributed by atoms with Gasteiger partial charge in [-0.2, -0.15) is 15.8 Å². The van der Waals surface area contributed by atoms with Crippen molar-refractivity contribution in [2.75, 3.05) is 0 Å². The molecule has 0 N–H and O–H groups in total. The van der Waals surface area contributed by atoms with Gasteiger partial charge in [0.2, 0.25) is 0 Å². The van der Waals surface area contributed by atoms with Gasteiger partial charge in [0.05, 0.1) is 62.7 Å². The Morgan fingerprint density at radius 2 is 0.960 bits per heavy atom. The Kier molecular flexibility index (Phi) is 6.56. The highest BCUT2D eigenvalue weighted by atomic mass is 15.0. The number of hydrogen-bond donors (Lipinski definition) is 0. The van der Waals surface area contributed by atoms with Crippen molar-refractivity contribution in [3.05, 3.63) is 168 Å². The molecule has 0 unspecified atom stereocenters. The van der Waals surface area contributed by atoms with Gasteiger partial charge in [-0.1, -0.05) is 78.9 Å². The largest absolute Gasteiger partial charge is 0.309 e. The van der Waals surface area contributed by atoms with Crippen LogP contribution in [0.2, 0.25) is 0 Å². The van der Waals surface area contributed by atoms with E-state index in [0.717, 1.165) is 66.5 Å². The van der Waals surface area contributed by atoms with Crippen LogP contribution in [0.4, 0.5) is 0 Å². The molecule has 0 aliphatic heterocycles. The van der Waals surface area contributed by atoms with E-state index in [1.807, 2.05) is 54.6 Å². The minimum atomic E-state index is 0.558. The van der Waals surface area contributed by atoms with Crippen molar-refractivity contribution in [3.8, 4) is 51.8 Å². The molecule has 50 heavy (non-hydrogen) atoms. The molecule has 9 rings (SSSR count). The zero-order valence-corrected chi connectivity index (χ0v) is 26.7. The number of aromatic nitrogens is 2. The third-order valence-corrected chi connectivity index (χ3v) is 9.62. The molecule has 0 radical (unpaired) electrons. The Morgan fingerprint density at radius 3 is 1.60 bits per heavy atom. The van der Waals surface area contributed by atoms with Crippen LogP contribution in [0.3, 0.4) is 0 Å². The molecule has 0 fully saturated rings. The number of benzene rings is 7. The van der Waals surface area contributed by atoms with Gasteiger partial charge in [0.15, 0.2) is 0 Å². The van der Waals surface area contributed by atoms with Crippen molar-refractivity contribution in [1.82, 2.24) is 9.13 Å². The number of fused-ring (bicyclic) bond motifs is 6. The van der Waals surface area contributed by atoms with Crippen LogP contribution in [0.5, 0.6) is 0 Å². The van der Waals surface area contributed by atoms with Gasteiger partial charge in [-0.15, -0.1) is 0 Å². The second-order valence-corrected chi connectivity index (χ2v) is 12.3. The molecule has 5 heteroatoms. The minimum absolute atomic E-state index is 0.558. The SMILES string of the molecule is N#Cc1ccc2c(c1)c1cc(C#N)ccc1n2-c1cccc(-c2c(C#N)cccc2-c2ccccc2-n2c3ccccc3c3ccccc32)c1. The summed E-state index contributed by atoms with van der Waals surface area (Å²) in [5.41, 5.74) is 11.5. The van der Waals surface area contributed by atoms with Crippen molar-refractivity contribution >= 4 is 43.6 Å². The number of rotatable bonds is 4. The first-order valence-corrected chi connectivity index (χ1v) is 16.3. The Labute approximate surface area is 287 Å². The summed E-state index contributed by atoms with van der Waals surface area (Å²) in [4.78, 5) is 0. The van der Waals surface area contributed by atoms with Gasteiger partial charge >= 0.3 is 0 Å². The quantitative estimate of drug-likeness (QED) is 0.193. The fraction of sp³-hybridized carbons (Fsp3) is 0.